The molecule has 0 unspecified atom stereocenters. The van der Waals surface area contributed by atoms with Crippen LogP contribution in [0.3, 0.4) is 0 Å². The van der Waals surface area contributed by atoms with Crippen molar-refractivity contribution in [1.29, 1.82) is 5.26 Å². The highest BCUT2D eigenvalue weighted by Crippen LogP contribution is 2.33. The number of aromatic nitrogens is 3. The van der Waals surface area contributed by atoms with Crippen molar-refractivity contribution in [2.75, 3.05) is 24.9 Å². The predicted molar refractivity (Wildman–Crippen MR) is 85.1 cm³/mol. The van der Waals surface area contributed by atoms with Gasteiger partial charge in [-0.15, -0.1) is 0 Å². The van der Waals surface area contributed by atoms with E-state index in [-0.39, 0.29) is 0 Å². The van der Waals surface area contributed by atoms with Gasteiger partial charge in [-0.3, -0.25) is 0 Å². The van der Waals surface area contributed by atoms with E-state index in [1.807, 2.05) is 12.3 Å². The van der Waals surface area contributed by atoms with Crippen LogP contribution in [0.1, 0.15) is 5.56 Å². The van der Waals surface area contributed by atoms with Crippen LogP contribution >= 0.6 is 18.9 Å². The molecule has 0 spiro atoms. The molecule has 2 aromatic rings. The van der Waals surface area contributed by atoms with Crippen LogP contribution in [-0.4, -0.2) is 34.5 Å². The van der Waals surface area contributed by atoms with Crippen molar-refractivity contribution in [3.8, 4) is 6.07 Å². The highest BCUT2D eigenvalue weighted by Gasteiger charge is 2.14. The van der Waals surface area contributed by atoms with Crippen molar-refractivity contribution in [1.82, 2.24) is 15.0 Å². The van der Waals surface area contributed by atoms with Gasteiger partial charge in [-0.05, 0) is 31.7 Å². The molecule has 0 fully saturated rings. The Labute approximate surface area is 127 Å². The number of nitrogens with zero attached hydrogens (tertiary/aromatic N) is 4. The van der Waals surface area contributed by atoms with Crippen LogP contribution in [-0.2, 0) is 4.57 Å². The molecule has 0 saturated heterocycles. The summed E-state index contributed by atoms with van der Waals surface area (Å²) < 4.78 is 12.1. The van der Waals surface area contributed by atoms with E-state index >= 15 is 0 Å². The molecule has 108 valence electrons. The summed E-state index contributed by atoms with van der Waals surface area (Å²) in [6.07, 6.45) is 3.32. The van der Waals surface area contributed by atoms with Gasteiger partial charge in [-0.2, -0.15) is 5.26 Å². The molecule has 21 heavy (non-hydrogen) atoms. The quantitative estimate of drug-likeness (QED) is 0.526. The Morgan fingerprint density at radius 3 is 2.71 bits per heavy atom. The molecule has 0 atom stereocenters. The van der Waals surface area contributed by atoms with Gasteiger partial charge >= 0.3 is 0 Å². The standard InChI is InChI=1S/C13H14N5OPS/c1-20(2,19)11-6-4-5-10(16-11)17-12-9(7-14)8-15-13(18-12)21-3/h4-6,8H,1-3H3,(H,15,16,17,18). The highest BCUT2D eigenvalue weighted by atomic mass is 32.2. The molecule has 2 aromatic heterocycles. The lowest BCUT2D eigenvalue weighted by molar-refractivity contribution is 0.588. The van der Waals surface area contributed by atoms with Gasteiger partial charge < -0.3 is 9.88 Å². The van der Waals surface area contributed by atoms with Gasteiger partial charge in [0.05, 0.1) is 6.20 Å². The second-order valence-electron chi connectivity index (χ2n) is 4.59. The maximum Gasteiger partial charge on any atom is 0.189 e. The first kappa shape index (κ1) is 15.5. The van der Waals surface area contributed by atoms with Crippen molar-refractivity contribution >= 4 is 36.0 Å². The largest absolute Gasteiger partial charge is 0.324 e. The molecule has 0 aromatic carbocycles. The van der Waals surface area contributed by atoms with Crippen LogP contribution < -0.4 is 10.8 Å². The minimum atomic E-state index is -2.44. The predicted octanol–water partition coefficient (Wildman–Crippen LogP) is 2.46. The lowest BCUT2D eigenvalue weighted by atomic mass is 10.3. The fourth-order valence-corrected chi connectivity index (χ4v) is 2.69. The summed E-state index contributed by atoms with van der Waals surface area (Å²) in [6.45, 7) is 3.33. The number of nitrogens with one attached hydrogen (secondary N) is 1. The summed E-state index contributed by atoms with van der Waals surface area (Å²) in [6, 6.07) is 7.27. The fourth-order valence-electron chi connectivity index (χ4n) is 1.56. The zero-order chi connectivity index (χ0) is 15.5. The Balaban J connectivity index is 2.39. The normalized spacial score (nSPS) is 11.0. The van der Waals surface area contributed by atoms with Gasteiger partial charge in [0.25, 0.3) is 0 Å². The van der Waals surface area contributed by atoms with E-state index in [0.717, 1.165) is 0 Å². The van der Waals surface area contributed by atoms with Gasteiger partial charge in [0, 0.05) is 0 Å². The third-order valence-electron chi connectivity index (χ3n) is 2.60. The molecular weight excluding hydrogens is 305 g/mol. The maximum absolute atomic E-state index is 12.1. The van der Waals surface area contributed by atoms with Crippen LogP contribution in [0, 0.1) is 11.3 Å². The number of anilines is 2. The van der Waals surface area contributed by atoms with Gasteiger partial charge in [0.15, 0.2) is 11.0 Å². The molecule has 0 amide bonds. The molecule has 0 saturated carbocycles. The summed E-state index contributed by atoms with van der Waals surface area (Å²) in [5.41, 5.74) is 0.862. The number of pyridine rings is 1. The number of thioether (sulfide) groups is 1. The summed E-state index contributed by atoms with van der Waals surface area (Å²) in [5, 5.41) is 12.7. The lowest BCUT2D eigenvalue weighted by Gasteiger charge is -2.10. The molecule has 2 rings (SSSR count). The van der Waals surface area contributed by atoms with Crippen LogP contribution in [0.5, 0.6) is 0 Å². The minimum absolute atomic E-state index is 0.330. The second kappa shape index (κ2) is 6.25. The molecule has 0 radical (unpaired) electrons. The van der Waals surface area contributed by atoms with Gasteiger partial charge in [-0.25, -0.2) is 15.0 Å². The summed E-state index contributed by atoms with van der Waals surface area (Å²) >= 11 is 1.38. The lowest BCUT2D eigenvalue weighted by Crippen LogP contribution is -2.10. The zero-order valence-electron chi connectivity index (χ0n) is 11.9. The monoisotopic (exact) mass is 319 g/mol. The Morgan fingerprint density at radius 2 is 2.10 bits per heavy atom. The van der Waals surface area contributed by atoms with E-state index < -0.39 is 7.14 Å². The Kier molecular flexibility index (Phi) is 4.61. The molecule has 6 nitrogen and oxygen atoms in total. The maximum atomic E-state index is 12.1. The average molecular weight is 319 g/mol. The molecule has 8 heteroatoms. The van der Waals surface area contributed by atoms with Crippen molar-refractivity contribution in [3.63, 3.8) is 0 Å². The molecule has 0 aliphatic rings. The summed E-state index contributed by atoms with van der Waals surface area (Å²) in [4.78, 5) is 12.6. The van der Waals surface area contributed by atoms with E-state index in [1.54, 1.807) is 31.5 Å². The van der Waals surface area contributed by atoms with Crippen LogP contribution in [0.25, 0.3) is 0 Å². The number of rotatable bonds is 4. The highest BCUT2D eigenvalue weighted by molar-refractivity contribution is 7.98. The third kappa shape index (κ3) is 3.81. The zero-order valence-corrected chi connectivity index (χ0v) is 13.6. The molecule has 2 heterocycles. The van der Waals surface area contributed by atoms with E-state index in [0.29, 0.717) is 27.8 Å². The van der Waals surface area contributed by atoms with Crippen LogP contribution in [0.15, 0.2) is 29.6 Å². The first-order chi connectivity index (χ1) is 9.94. The first-order valence-electron chi connectivity index (χ1n) is 6.05. The number of nitriles is 1. The van der Waals surface area contributed by atoms with Gasteiger partial charge in [0.2, 0.25) is 0 Å². The smallest absolute Gasteiger partial charge is 0.189 e. The van der Waals surface area contributed by atoms with E-state index in [9.17, 15) is 4.57 Å². The second-order valence-corrected chi connectivity index (χ2v) is 8.52. The fraction of sp³-hybridized carbons (Fsp3) is 0.231. The van der Waals surface area contributed by atoms with Gasteiger partial charge in [0.1, 0.15) is 30.0 Å². The Bertz CT molecular complexity index is 752. The van der Waals surface area contributed by atoms with Crippen LogP contribution in [0.2, 0.25) is 0 Å². The summed E-state index contributed by atoms with van der Waals surface area (Å²) in [5.74, 6) is 0.891. The molecule has 1 N–H and O–H groups in total. The van der Waals surface area contributed by atoms with Crippen molar-refractivity contribution < 1.29 is 4.57 Å². The van der Waals surface area contributed by atoms with E-state index in [1.165, 1.54) is 18.0 Å². The first-order valence-corrected chi connectivity index (χ1v) is 9.87. The summed E-state index contributed by atoms with van der Waals surface area (Å²) in [7, 11) is -2.44. The average Bonchev–Trinajstić information content (AvgIpc) is 2.46. The molecule has 0 aliphatic carbocycles. The van der Waals surface area contributed by atoms with Crippen molar-refractivity contribution in [2.24, 2.45) is 0 Å². The molecular formula is C13H14N5OPS. The third-order valence-corrected chi connectivity index (χ3v) is 4.52. The van der Waals surface area contributed by atoms with Crippen molar-refractivity contribution in [3.05, 3.63) is 30.0 Å². The minimum Gasteiger partial charge on any atom is -0.324 e. The van der Waals surface area contributed by atoms with E-state index in [2.05, 4.69) is 20.3 Å². The van der Waals surface area contributed by atoms with Crippen LogP contribution in [0.4, 0.5) is 11.6 Å². The number of hydrogen-bond acceptors (Lipinski definition) is 7. The topological polar surface area (TPSA) is 91.6 Å². The van der Waals surface area contributed by atoms with Gasteiger partial charge in [-0.1, -0.05) is 17.8 Å². The van der Waals surface area contributed by atoms with E-state index in [4.69, 9.17) is 5.26 Å². The SMILES string of the molecule is CSc1ncc(C#N)c(Nc2cccc(P(C)(C)=O)n2)n1. The van der Waals surface area contributed by atoms with Crippen molar-refractivity contribution in [2.45, 2.75) is 5.16 Å². The Morgan fingerprint density at radius 1 is 1.33 bits per heavy atom. The Hall–Kier alpha value is -1.90. The molecule has 0 bridgehead atoms. The molecule has 0 aliphatic heterocycles. The number of hydrogen-bond donors (Lipinski definition) is 1.